The second kappa shape index (κ2) is 17.8. The van der Waals surface area contributed by atoms with Crippen molar-refractivity contribution in [3.8, 4) is 18.2 Å². The van der Waals surface area contributed by atoms with E-state index in [2.05, 4.69) is 10.2 Å². The van der Waals surface area contributed by atoms with Crippen molar-refractivity contribution in [1.82, 2.24) is 0 Å². The summed E-state index contributed by atoms with van der Waals surface area (Å²) in [5.74, 6) is -1.13. The van der Waals surface area contributed by atoms with Gasteiger partial charge in [-0.1, -0.05) is 35.9 Å². The number of benzene rings is 3. The van der Waals surface area contributed by atoms with Gasteiger partial charge in [-0.15, -0.1) is 0 Å². The van der Waals surface area contributed by atoms with Gasteiger partial charge >= 0.3 is 11.9 Å². The molecule has 0 saturated heterocycles. The number of anilines is 2. The molecular formula is C43H43N7O5. The Balaban J connectivity index is 1.47. The lowest BCUT2D eigenvalue weighted by molar-refractivity contribution is -0.152. The Kier molecular flexibility index (Phi) is 13.2. The molecule has 1 heterocycles. The number of carbonyl (C=O) groups is 3. The van der Waals surface area contributed by atoms with Crippen molar-refractivity contribution in [1.29, 1.82) is 15.8 Å². The molecule has 0 fully saturated rings. The lowest BCUT2D eigenvalue weighted by Crippen LogP contribution is -2.34. The predicted octanol–water partition coefficient (Wildman–Crippen LogP) is 8.58. The minimum Gasteiger partial charge on any atom is -0.463 e. The van der Waals surface area contributed by atoms with E-state index in [0.717, 1.165) is 11.3 Å². The lowest BCUT2D eigenvalue weighted by Gasteiger charge is -2.26. The predicted molar refractivity (Wildman–Crippen MR) is 209 cm³/mol. The van der Waals surface area contributed by atoms with Crippen LogP contribution in [0.2, 0.25) is 0 Å². The highest BCUT2D eigenvalue weighted by molar-refractivity contribution is 6.16. The van der Waals surface area contributed by atoms with Crippen LogP contribution in [0.15, 0.2) is 112 Å². The van der Waals surface area contributed by atoms with E-state index in [1.54, 1.807) is 108 Å². The average molecular weight is 738 g/mol. The number of hydrogen-bond donors (Lipinski definition) is 0. The van der Waals surface area contributed by atoms with Crippen LogP contribution in [0.4, 0.5) is 22.7 Å². The number of allylic oxidation sites excluding steroid dienone is 2. The first-order chi connectivity index (χ1) is 26.1. The van der Waals surface area contributed by atoms with Crippen LogP contribution < -0.4 is 9.80 Å². The van der Waals surface area contributed by atoms with Crippen molar-refractivity contribution in [3.05, 3.63) is 112 Å². The molecule has 0 spiro atoms. The van der Waals surface area contributed by atoms with Gasteiger partial charge in [0.25, 0.3) is 5.91 Å². The van der Waals surface area contributed by atoms with E-state index in [1.807, 2.05) is 42.2 Å². The molecule has 12 heteroatoms. The first-order valence-corrected chi connectivity index (χ1v) is 17.6. The summed E-state index contributed by atoms with van der Waals surface area (Å²) in [6.07, 6.45) is 3.17. The fraction of sp³-hybridized carbons (Fsp3) is 0.302. The van der Waals surface area contributed by atoms with Crippen LogP contribution in [0, 0.1) is 51.7 Å². The normalized spacial score (nSPS) is 13.1. The van der Waals surface area contributed by atoms with E-state index in [0.29, 0.717) is 35.7 Å². The van der Waals surface area contributed by atoms with Crippen LogP contribution in [-0.2, 0) is 23.9 Å². The van der Waals surface area contributed by atoms with Gasteiger partial charge in [0.1, 0.15) is 31.4 Å². The monoisotopic (exact) mass is 737 g/mol. The molecule has 4 rings (SSSR count). The van der Waals surface area contributed by atoms with E-state index in [9.17, 15) is 30.2 Å². The molecule has 55 heavy (non-hydrogen) atoms. The molecule has 0 unspecified atom stereocenters. The fourth-order valence-corrected chi connectivity index (χ4v) is 5.12. The van der Waals surface area contributed by atoms with Gasteiger partial charge in [-0.3, -0.25) is 19.3 Å². The third-order valence-electron chi connectivity index (χ3n) is 8.27. The van der Waals surface area contributed by atoms with Crippen LogP contribution in [0.25, 0.3) is 6.08 Å². The minimum absolute atomic E-state index is 0.0410. The first-order valence-electron chi connectivity index (χ1n) is 17.6. The maximum Gasteiger partial charge on any atom is 0.311 e. The third kappa shape index (κ3) is 10.6. The molecule has 1 aliphatic rings. The van der Waals surface area contributed by atoms with Gasteiger partial charge in [-0.25, -0.2) is 0 Å². The van der Waals surface area contributed by atoms with Gasteiger partial charge in [0.2, 0.25) is 0 Å². The number of ether oxygens (including phenoxy) is 2. The number of azo groups is 1. The molecule has 0 bridgehead atoms. The lowest BCUT2D eigenvalue weighted by atomic mass is 9.97. The summed E-state index contributed by atoms with van der Waals surface area (Å²) in [7, 11) is 0. The Morgan fingerprint density at radius 2 is 1.24 bits per heavy atom. The summed E-state index contributed by atoms with van der Waals surface area (Å²) >= 11 is 0. The van der Waals surface area contributed by atoms with E-state index in [4.69, 9.17) is 9.47 Å². The number of esters is 2. The van der Waals surface area contributed by atoms with Gasteiger partial charge in [-0.05, 0) is 109 Å². The number of amides is 1. The number of hydrogen-bond acceptors (Lipinski definition) is 11. The summed E-state index contributed by atoms with van der Waals surface area (Å²) in [5, 5.41) is 38.0. The summed E-state index contributed by atoms with van der Waals surface area (Å²) in [6, 6.07) is 27.0. The zero-order chi connectivity index (χ0) is 40.3. The zero-order valence-corrected chi connectivity index (χ0v) is 32.1. The number of aryl methyl sites for hydroxylation is 1. The molecule has 0 aliphatic carbocycles. The minimum atomic E-state index is -0.622. The van der Waals surface area contributed by atoms with Gasteiger partial charge in [-0.2, -0.15) is 26.0 Å². The third-order valence-corrected chi connectivity index (χ3v) is 8.27. The largest absolute Gasteiger partial charge is 0.463 e. The first kappa shape index (κ1) is 40.9. The van der Waals surface area contributed by atoms with E-state index >= 15 is 0 Å². The molecule has 0 aromatic heterocycles. The molecule has 1 amide bonds. The molecule has 3 aromatic rings. The Morgan fingerprint density at radius 1 is 0.745 bits per heavy atom. The Hall–Kier alpha value is -6.84. The van der Waals surface area contributed by atoms with Gasteiger partial charge in [0.05, 0.1) is 52.1 Å². The maximum atomic E-state index is 13.6. The van der Waals surface area contributed by atoms with Gasteiger partial charge in [0, 0.05) is 11.4 Å². The van der Waals surface area contributed by atoms with E-state index in [1.165, 1.54) is 11.0 Å². The highest BCUT2D eigenvalue weighted by atomic mass is 16.5. The molecule has 1 aliphatic heterocycles. The Bertz CT molecular complexity index is 2120. The molecule has 0 atom stereocenters. The van der Waals surface area contributed by atoms with Crippen LogP contribution in [0.3, 0.4) is 0 Å². The Morgan fingerprint density at radius 3 is 1.69 bits per heavy atom. The van der Waals surface area contributed by atoms with E-state index < -0.39 is 16.7 Å². The number of carbonyl (C=O) groups excluding carboxylic acids is 3. The van der Waals surface area contributed by atoms with Crippen molar-refractivity contribution in [2.24, 2.45) is 21.1 Å². The molecule has 280 valence electrons. The summed E-state index contributed by atoms with van der Waals surface area (Å²) in [5.41, 5.74) is 2.47. The molecule has 0 radical (unpaired) electrons. The number of nitriles is 3. The van der Waals surface area contributed by atoms with Gasteiger partial charge < -0.3 is 14.4 Å². The van der Waals surface area contributed by atoms with Crippen molar-refractivity contribution in [3.63, 3.8) is 0 Å². The second-order valence-corrected chi connectivity index (χ2v) is 14.7. The molecular weight excluding hydrogens is 695 g/mol. The highest BCUT2D eigenvalue weighted by Crippen LogP contribution is 2.37. The summed E-state index contributed by atoms with van der Waals surface area (Å²) in [6.45, 7) is 13.8. The standard InChI is InChI=1S/C43H43N7O5/c1-29-8-17-35(18-9-29)50-38(31(26-44)27-45)37(28-46)36(39(50)51)21-12-30-10-13-32(14-11-30)47-48-33-15-19-34(20-16-33)49(22-24-54-40(52)42(2,3)4)23-25-55-41(53)43(5,6)7/h8-21H,22-25H2,1-7H3/b21-12+,48-47?. The number of nitrogens with zero attached hydrogens (tertiary/aromatic N) is 7. The zero-order valence-electron chi connectivity index (χ0n) is 32.1. The van der Waals surface area contributed by atoms with Crippen molar-refractivity contribution in [2.45, 2.75) is 48.5 Å². The summed E-state index contributed by atoms with van der Waals surface area (Å²) in [4.78, 5) is 41.4. The van der Waals surface area contributed by atoms with E-state index in [-0.39, 0.29) is 47.6 Å². The quantitative estimate of drug-likeness (QED) is 0.100. The van der Waals surface area contributed by atoms with Crippen LogP contribution in [0.1, 0.15) is 52.7 Å². The molecule has 12 nitrogen and oxygen atoms in total. The molecule has 3 aromatic carbocycles. The van der Waals surface area contributed by atoms with Crippen LogP contribution in [0.5, 0.6) is 0 Å². The second-order valence-electron chi connectivity index (χ2n) is 14.7. The van der Waals surface area contributed by atoms with Gasteiger partial charge in [0.15, 0.2) is 5.57 Å². The van der Waals surface area contributed by atoms with Crippen molar-refractivity contribution >= 4 is 46.7 Å². The average Bonchev–Trinajstić information content (AvgIpc) is 3.43. The SMILES string of the molecule is Cc1ccc(N2C(=O)C(/C=C/c3ccc(N=Nc4ccc(N(CCOC(=O)C(C)(C)C)CCOC(=O)C(C)(C)C)cc4)cc3)=C(C#N)C2=C(C#N)C#N)cc1. The Labute approximate surface area is 321 Å². The van der Waals surface area contributed by atoms with Crippen molar-refractivity contribution < 1.29 is 23.9 Å². The van der Waals surface area contributed by atoms with Crippen molar-refractivity contribution in [2.75, 3.05) is 36.1 Å². The van der Waals surface area contributed by atoms with Crippen LogP contribution in [-0.4, -0.2) is 44.1 Å². The van der Waals surface area contributed by atoms with Crippen LogP contribution >= 0.6 is 0 Å². The topological polar surface area (TPSA) is 172 Å². The molecule has 0 saturated carbocycles. The maximum absolute atomic E-state index is 13.6. The summed E-state index contributed by atoms with van der Waals surface area (Å²) < 4.78 is 11.0. The smallest absolute Gasteiger partial charge is 0.311 e. The highest BCUT2D eigenvalue weighted by Gasteiger charge is 2.37. The number of rotatable bonds is 12. The molecule has 0 N–H and O–H groups in total. The fourth-order valence-electron chi connectivity index (χ4n) is 5.12.